The fourth-order valence-electron chi connectivity index (χ4n) is 3.25. The molecular weight excluding hydrogens is 326 g/mol. The van der Waals surface area contributed by atoms with Crippen molar-refractivity contribution < 1.29 is 5.11 Å². The number of hydrogen-bond acceptors (Lipinski definition) is 6. The van der Waals surface area contributed by atoms with Crippen molar-refractivity contribution in [1.82, 2.24) is 9.97 Å². The molecule has 2 aromatic rings. The fourth-order valence-corrected chi connectivity index (χ4v) is 3.25. The van der Waals surface area contributed by atoms with Crippen LogP contribution < -0.4 is 11.5 Å². The molecule has 0 radical (unpaired) electrons. The summed E-state index contributed by atoms with van der Waals surface area (Å²) >= 11 is 0. The highest BCUT2D eigenvalue weighted by Gasteiger charge is 2.26. The van der Waals surface area contributed by atoms with E-state index >= 15 is 0 Å². The van der Waals surface area contributed by atoms with E-state index in [9.17, 15) is 10.4 Å². The normalized spacial score (nSPS) is 19.2. The Bertz CT molecular complexity index is 805. The molecule has 1 saturated carbocycles. The number of nitrogens with zero attached hydrogens (tertiary/aromatic N) is 3. The number of benzene rings is 1. The van der Waals surface area contributed by atoms with Crippen LogP contribution in [0, 0.1) is 18.3 Å². The Morgan fingerprint density at radius 2 is 1.81 bits per heavy atom. The molecule has 138 valence electrons. The highest BCUT2D eigenvalue weighted by molar-refractivity contribution is 5.67. The number of nitriles is 1. The Morgan fingerprint density at radius 3 is 2.42 bits per heavy atom. The van der Waals surface area contributed by atoms with Crippen LogP contribution in [-0.2, 0) is 0 Å². The van der Waals surface area contributed by atoms with E-state index < -0.39 is 0 Å². The van der Waals surface area contributed by atoms with Gasteiger partial charge in [-0.25, -0.2) is 9.97 Å². The molecular formula is C20H27N5O. The van der Waals surface area contributed by atoms with Crippen molar-refractivity contribution in [3.63, 3.8) is 0 Å². The number of anilines is 1. The zero-order chi connectivity index (χ0) is 19.3. The summed E-state index contributed by atoms with van der Waals surface area (Å²) in [7, 11) is 0. The first-order valence-corrected chi connectivity index (χ1v) is 9.12. The molecule has 5 N–H and O–H groups in total. The van der Waals surface area contributed by atoms with Gasteiger partial charge < -0.3 is 16.6 Å². The second-order valence-electron chi connectivity index (χ2n) is 6.44. The van der Waals surface area contributed by atoms with Crippen molar-refractivity contribution in [2.45, 2.75) is 58.4 Å². The Labute approximate surface area is 154 Å². The minimum absolute atomic E-state index is 0.0984. The van der Waals surface area contributed by atoms with Gasteiger partial charge in [0.15, 0.2) is 5.82 Å². The van der Waals surface area contributed by atoms with Crippen molar-refractivity contribution in [3.8, 4) is 23.2 Å². The number of aromatic hydroxyl groups is 1. The molecule has 1 aliphatic carbocycles. The molecule has 0 unspecified atom stereocenters. The van der Waals surface area contributed by atoms with Crippen molar-refractivity contribution in [2.75, 3.05) is 5.73 Å². The molecule has 0 aliphatic heterocycles. The van der Waals surface area contributed by atoms with Gasteiger partial charge in [0.2, 0.25) is 0 Å². The van der Waals surface area contributed by atoms with Crippen LogP contribution in [0.1, 0.15) is 62.3 Å². The molecule has 1 aliphatic rings. The summed E-state index contributed by atoms with van der Waals surface area (Å²) in [5.74, 6) is 0.766. The van der Waals surface area contributed by atoms with Gasteiger partial charge in [0.1, 0.15) is 23.2 Å². The molecule has 6 nitrogen and oxygen atoms in total. The molecule has 3 rings (SSSR count). The highest BCUT2D eigenvalue weighted by Crippen LogP contribution is 2.36. The molecule has 0 saturated heterocycles. The van der Waals surface area contributed by atoms with Gasteiger partial charge in [0.05, 0.1) is 11.3 Å². The second kappa shape index (κ2) is 8.63. The topological polar surface area (TPSA) is 122 Å². The van der Waals surface area contributed by atoms with E-state index in [1.54, 1.807) is 6.07 Å². The quantitative estimate of drug-likeness (QED) is 0.758. The third-order valence-electron chi connectivity index (χ3n) is 4.63. The number of hydrogen-bond donors (Lipinski definition) is 3. The van der Waals surface area contributed by atoms with Crippen molar-refractivity contribution in [3.05, 3.63) is 35.0 Å². The van der Waals surface area contributed by atoms with E-state index in [1.165, 1.54) is 0 Å². The van der Waals surface area contributed by atoms with E-state index in [-0.39, 0.29) is 23.5 Å². The molecule has 1 fully saturated rings. The molecule has 1 aromatic carbocycles. The predicted molar refractivity (Wildman–Crippen MR) is 104 cm³/mol. The lowest BCUT2D eigenvalue weighted by molar-refractivity contribution is 0.390. The van der Waals surface area contributed by atoms with Crippen LogP contribution in [0.5, 0.6) is 5.75 Å². The predicted octanol–water partition coefficient (Wildman–Crippen LogP) is 3.62. The molecule has 1 heterocycles. The van der Waals surface area contributed by atoms with Gasteiger partial charge >= 0.3 is 0 Å². The van der Waals surface area contributed by atoms with Crippen molar-refractivity contribution >= 4 is 5.82 Å². The zero-order valence-corrected chi connectivity index (χ0v) is 15.7. The smallest absolute Gasteiger partial charge is 0.165 e. The van der Waals surface area contributed by atoms with Gasteiger partial charge in [0.25, 0.3) is 0 Å². The molecule has 0 spiro atoms. The Hall–Kier alpha value is -2.65. The summed E-state index contributed by atoms with van der Waals surface area (Å²) in [5.41, 5.74) is 14.5. The van der Waals surface area contributed by atoms with Crippen LogP contribution in [0.4, 0.5) is 5.82 Å². The first kappa shape index (κ1) is 19.7. The van der Waals surface area contributed by atoms with Gasteiger partial charge in [0, 0.05) is 12.0 Å². The number of nitrogens with two attached hydrogens (primary N) is 2. The molecule has 6 heteroatoms. The number of nitrogen functional groups attached to an aromatic ring is 1. The first-order valence-electron chi connectivity index (χ1n) is 9.12. The van der Waals surface area contributed by atoms with Gasteiger partial charge in [-0.15, -0.1) is 0 Å². The van der Waals surface area contributed by atoms with Crippen LogP contribution in [0.3, 0.4) is 0 Å². The lowest BCUT2D eigenvalue weighted by atomic mass is 9.83. The summed E-state index contributed by atoms with van der Waals surface area (Å²) in [6.45, 7) is 5.93. The van der Waals surface area contributed by atoms with Crippen LogP contribution >= 0.6 is 0 Å². The average Bonchev–Trinajstić information content (AvgIpc) is 2.65. The Balaban J connectivity index is 0.00000117. The largest absolute Gasteiger partial charge is 0.507 e. The number of rotatable bonds is 2. The molecule has 0 amide bonds. The van der Waals surface area contributed by atoms with Crippen LogP contribution in [0.2, 0.25) is 0 Å². The monoisotopic (exact) mass is 353 g/mol. The van der Waals surface area contributed by atoms with E-state index in [1.807, 2.05) is 32.9 Å². The molecule has 0 atom stereocenters. The van der Waals surface area contributed by atoms with Crippen LogP contribution in [0.15, 0.2) is 18.2 Å². The lowest BCUT2D eigenvalue weighted by Crippen LogP contribution is -2.26. The number of aryl methyl sites for hydroxylation is 1. The average molecular weight is 353 g/mol. The second-order valence-corrected chi connectivity index (χ2v) is 6.44. The number of aromatic nitrogens is 2. The van der Waals surface area contributed by atoms with E-state index in [0.717, 1.165) is 31.2 Å². The van der Waals surface area contributed by atoms with Crippen molar-refractivity contribution in [1.29, 1.82) is 5.26 Å². The first-order chi connectivity index (χ1) is 12.5. The van der Waals surface area contributed by atoms with Crippen molar-refractivity contribution in [2.24, 2.45) is 5.73 Å². The summed E-state index contributed by atoms with van der Waals surface area (Å²) in [5, 5.41) is 19.6. The maximum Gasteiger partial charge on any atom is 0.165 e. The zero-order valence-electron chi connectivity index (χ0n) is 15.7. The third-order valence-corrected chi connectivity index (χ3v) is 4.63. The number of phenols is 1. The van der Waals surface area contributed by atoms with E-state index in [2.05, 4.69) is 16.0 Å². The van der Waals surface area contributed by atoms with Crippen LogP contribution in [-0.4, -0.2) is 21.1 Å². The third kappa shape index (κ3) is 4.12. The molecule has 0 bridgehead atoms. The lowest BCUT2D eigenvalue weighted by Gasteiger charge is -2.26. The van der Waals surface area contributed by atoms with Gasteiger partial charge in [-0.2, -0.15) is 5.26 Å². The Morgan fingerprint density at radius 1 is 1.15 bits per heavy atom. The summed E-state index contributed by atoms with van der Waals surface area (Å²) in [4.78, 5) is 8.86. The summed E-state index contributed by atoms with van der Waals surface area (Å²) in [6.07, 6.45) is 3.58. The molecule has 26 heavy (non-hydrogen) atoms. The van der Waals surface area contributed by atoms with E-state index in [4.69, 9.17) is 11.5 Å². The summed E-state index contributed by atoms with van der Waals surface area (Å²) < 4.78 is 0. The minimum Gasteiger partial charge on any atom is -0.507 e. The fraction of sp³-hybridized carbons (Fsp3) is 0.450. The van der Waals surface area contributed by atoms with Gasteiger partial charge in [-0.1, -0.05) is 25.5 Å². The highest BCUT2D eigenvalue weighted by atomic mass is 16.3. The van der Waals surface area contributed by atoms with E-state index in [0.29, 0.717) is 22.6 Å². The molecule has 1 aromatic heterocycles. The van der Waals surface area contributed by atoms with Gasteiger partial charge in [-0.3, -0.25) is 0 Å². The van der Waals surface area contributed by atoms with Crippen LogP contribution in [0.25, 0.3) is 11.4 Å². The Kier molecular flexibility index (Phi) is 6.53. The number of phenolic OH excluding ortho intramolecular Hbond substituents is 1. The SMILES string of the molecule is CC.Cc1ccc(O)c(-c2nc(N)c(C#N)c(C3CCC(N)CC3)n2)c1. The standard InChI is InChI=1S/C18H21N5O.C2H6/c1-10-2-7-15(24)13(8-10)18-22-16(14(9-19)17(21)23-18)11-3-5-12(20)6-4-11;1-2/h2,7-8,11-12,24H,3-6,20H2,1H3,(H2,21,22,23);1-2H3. The maximum absolute atomic E-state index is 10.1. The minimum atomic E-state index is 0.0984. The summed E-state index contributed by atoms with van der Waals surface area (Å²) in [6, 6.07) is 7.59. The maximum atomic E-state index is 10.1. The van der Waals surface area contributed by atoms with Gasteiger partial charge in [-0.05, 0) is 44.7 Å².